The van der Waals surface area contributed by atoms with Crippen LogP contribution in [0.15, 0.2) is 18.2 Å². The van der Waals surface area contributed by atoms with Crippen LogP contribution in [0, 0.1) is 0 Å². The van der Waals surface area contributed by atoms with Gasteiger partial charge in [-0.25, -0.2) is 0 Å². The molecule has 1 amide bonds. The molecular formula is C12H14ClNO3. The van der Waals surface area contributed by atoms with E-state index < -0.39 is 0 Å². The van der Waals surface area contributed by atoms with Gasteiger partial charge in [0.15, 0.2) is 11.5 Å². The lowest BCUT2D eigenvalue weighted by Crippen LogP contribution is -2.31. The van der Waals surface area contributed by atoms with Gasteiger partial charge >= 0.3 is 0 Å². The summed E-state index contributed by atoms with van der Waals surface area (Å²) >= 11 is 5.86. The van der Waals surface area contributed by atoms with Crippen LogP contribution < -0.4 is 9.47 Å². The highest BCUT2D eigenvalue weighted by Crippen LogP contribution is 2.32. The molecule has 4 nitrogen and oxygen atoms in total. The van der Waals surface area contributed by atoms with Crippen molar-refractivity contribution in [2.24, 2.45) is 0 Å². The molecule has 1 aliphatic heterocycles. The van der Waals surface area contributed by atoms with Crippen LogP contribution in [0.4, 0.5) is 0 Å². The third-order valence-corrected chi connectivity index (χ3v) is 2.63. The molecule has 1 atom stereocenters. The SMILES string of the molecule is CC(Cl)CN(C)C(=O)c1ccc2c(c1)OCO2. The van der Waals surface area contributed by atoms with Gasteiger partial charge in [-0.1, -0.05) is 0 Å². The maximum atomic E-state index is 12.1. The van der Waals surface area contributed by atoms with Crippen molar-refractivity contribution in [1.29, 1.82) is 0 Å². The number of hydrogen-bond acceptors (Lipinski definition) is 3. The van der Waals surface area contributed by atoms with Crippen molar-refractivity contribution >= 4 is 17.5 Å². The predicted molar refractivity (Wildman–Crippen MR) is 64.8 cm³/mol. The smallest absolute Gasteiger partial charge is 0.253 e. The first kappa shape index (κ1) is 12.0. The topological polar surface area (TPSA) is 38.8 Å². The minimum Gasteiger partial charge on any atom is -0.454 e. The summed E-state index contributed by atoms with van der Waals surface area (Å²) in [5.41, 5.74) is 0.578. The predicted octanol–water partition coefficient (Wildman–Crippen LogP) is 2.11. The van der Waals surface area contributed by atoms with Crippen LogP contribution in [0.2, 0.25) is 0 Å². The third-order valence-electron chi connectivity index (χ3n) is 2.49. The number of rotatable bonds is 3. The Balaban J connectivity index is 2.14. The Morgan fingerprint density at radius 2 is 2.18 bits per heavy atom. The number of fused-ring (bicyclic) bond motifs is 1. The molecule has 0 aromatic heterocycles. The van der Waals surface area contributed by atoms with E-state index >= 15 is 0 Å². The second kappa shape index (κ2) is 4.84. The molecule has 1 aromatic rings. The van der Waals surface area contributed by atoms with Crippen molar-refractivity contribution < 1.29 is 14.3 Å². The lowest BCUT2D eigenvalue weighted by Gasteiger charge is -2.18. The van der Waals surface area contributed by atoms with Crippen LogP contribution in [0.5, 0.6) is 11.5 Å². The fourth-order valence-corrected chi connectivity index (χ4v) is 1.92. The molecule has 1 heterocycles. The molecule has 1 aliphatic rings. The van der Waals surface area contributed by atoms with E-state index in [0.717, 1.165) is 0 Å². The Morgan fingerprint density at radius 3 is 2.88 bits per heavy atom. The van der Waals surface area contributed by atoms with Gasteiger partial charge in [0.05, 0.1) is 0 Å². The molecule has 1 aromatic carbocycles. The van der Waals surface area contributed by atoms with Crippen LogP contribution in [0.1, 0.15) is 17.3 Å². The largest absolute Gasteiger partial charge is 0.454 e. The number of alkyl halides is 1. The zero-order valence-corrected chi connectivity index (χ0v) is 10.5. The summed E-state index contributed by atoms with van der Waals surface area (Å²) in [4.78, 5) is 13.6. The summed E-state index contributed by atoms with van der Waals surface area (Å²) in [5, 5.41) is -0.0713. The number of halogens is 1. The second-order valence-corrected chi connectivity index (χ2v) is 4.78. The Hall–Kier alpha value is -1.42. The van der Waals surface area contributed by atoms with Crippen molar-refractivity contribution in [3.05, 3.63) is 23.8 Å². The normalized spacial score (nSPS) is 14.5. The monoisotopic (exact) mass is 255 g/mol. The highest BCUT2D eigenvalue weighted by atomic mass is 35.5. The van der Waals surface area contributed by atoms with Gasteiger partial charge in [-0.3, -0.25) is 4.79 Å². The minimum atomic E-state index is -0.0733. The molecular weight excluding hydrogens is 242 g/mol. The van der Waals surface area contributed by atoms with E-state index in [0.29, 0.717) is 23.6 Å². The van der Waals surface area contributed by atoms with Crippen molar-refractivity contribution in [2.45, 2.75) is 12.3 Å². The second-order valence-electron chi connectivity index (χ2n) is 4.03. The number of benzene rings is 1. The summed E-state index contributed by atoms with van der Waals surface area (Å²) in [6, 6.07) is 5.17. The molecule has 0 saturated heterocycles. The highest BCUT2D eigenvalue weighted by molar-refractivity contribution is 6.20. The maximum absolute atomic E-state index is 12.1. The molecule has 0 aliphatic carbocycles. The molecule has 5 heteroatoms. The molecule has 0 radical (unpaired) electrons. The quantitative estimate of drug-likeness (QED) is 0.777. The highest BCUT2D eigenvalue weighted by Gasteiger charge is 2.18. The lowest BCUT2D eigenvalue weighted by molar-refractivity contribution is 0.0795. The molecule has 0 N–H and O–H groups in total. The van der Waals surface area contributed by atoms with Gasteiger partial charge in [-0.2, -0.15) is 0 Å². The molecule has 0 fully saturated rings. The van der Waals surface area contributed by atoms with E-state index in [-0.39, 0.29) is 18.1 Å². The maximum Gasteiger partial charge on any atom is 0.253 e. The molecule has 0 saturated carbocycles. The lowest BCUT2D eigenvalue weighted by atomic mass is 10.2. The van der Waals surface area contributed by atoms with Crippen LogP contribution in [0.25, 0.3) is 0 Å². The third kappa shape index (κ3) is 2.64. The standard InChI is InChI=1S/C12H14ClNO3/c1-8(13)6-14(2)12(15)9-3-4-10-11(5-9)17-7-16-10/h3-5,8H,6-7H2,1-2H3. The first-order valence-corrected chi connectivity index (χ1v) is 5.81. The number of nitrogens with zero attached hydrogens (tertiary/aromatic N) is 1. The Bertz CT molecular complexity index is 434. The van der Waals surface area contributed by atoms with Gasteiger partial charge in [0.1, 0.15) is 0 Å². The number of hydrogen-bond donors (Lipinski definition) is 0. The van der Waals surface area contributed by atoms with E-state index in [1.54, 1.807) is 30.1 Å². The average molecular weight is 256 g/mol. The fourth-order valence-electron chi connectivity index (χ4n) is 1.71. The number of ether oxygens (including phenoxy) is 2. The molecule has 0 bridgehead atoms. The van der Waals surface area contributed by atoms with E-state index in [1.165, 1.54) is 0 Å². The molecule has 2 rings (SSSR count). The molecule has 1 unspecified atom stereocenters. The zero-order valence-electron chi connectivity index (χ0n) is 9.77. The summed E-state index contributed by atoms with van der Waals surface area (Å²) in [6.07, 6.45) is 0. The van der Waals surface area contributed by atoms with Crippen molar-refractivity contribution in [3.8, 4) is 11.5 Å². The Morgan fingerprint density at radius 1 is 1.47 bits per heavy atom. The number of amides is 1. The van der Waals surface area contributed by atoms with Gasteiger partial charge in [0.2, 0.25) is 6.79 Å². The van der Waals surface area contributed by atoms with E-state index in [1.807, 2.05) is 6.92 Å². The minimum absolute atomic E-state index is 0.0713. The van der Waals surface area contributed by atoms with E-state index in [4.69, 9.17) is 21.1 Å². The molecule has 0 spiro atoms. The summed E-state index contributed by atoms with van der Waals surface area (Å²) < 4.78 is 10.4. The average Bonchev–Trinajstić information content (AvgIpc) is 2.73. The van der Waals surface area contributed by atoms with Gasteiger partial charge in [-0.15, -0.1) is 11.6 Å². The first-order valence-electron chi connectivity index (χ1n) is 5.37. The Labute approximate surface area is 105 Å². The van der Waals surface area contributed by atoms with Crippen molar-refractivity contribution in [1.82, 2.24) is 4.90 Å². The Kier molecular flexibility index (Phi) is 3.43. The zero-order chi connectivity index (χ0) is 12.4. The van der Waals surface area contributed by atoms with Gasteiger partial charge in [0, 0.05) is 24.5 Å². The molecule has 17 heavy (non-hydrogen) atoms. The van der Waals surface area contributed by atoms with Gasteiger partial charge in [-0.05, 0) is 25.1 Å². The molecule has 92 valence electrons. The number of carbonyl (C=O) groups excluding carboxylic acids is 1. The first-order chi connectivity index (χ1) is 8.08. The van der Waals surface area contributed by atoms with Crippen LogP contribution in [0.3, 0.4) is 0 Å². The van der Waals surface area contributed by atoms with Crippen LogP contribution in [-0.2, 0) is 0 Å². The number of carbonyl (C=O) groups is 1. The van der Waals surface area contributed by atoms with Crippen LogP contribution >= 0.6 is 11.6 Å². The van der Waals surface area contributed by atoms with Gasteiger partial charge < -0.3 is 14.4 Å². The summed E-state index contributed by atoms with van der Waals surface area (Å²) in [7, 11) is 1.73. The van der Waals surface area contributed by atoms with E-state index in [2.05, 4.69) is 0 Å². The van der Waals surface area contributed by atoms with Crippen molar-refractivity contribution in [2.75, 3.05) is 20.4 Å². The van der Waals surface area contributed by atoms with E-state index in [9.17, 15) is 4.79 Å². The fraction of sp³-hybridized carbons (Fsp3) is 0.417. The van der Waals surface area contributed by atoms with Gasteiger partial charge in [0.25, 0.3) is 5.91 Å². The van der Waals surface area contributed by atoms with Crippen LogP contribution in [-0.4, -0.2) is 36.6 Å². The van der Waals surface area contributed by atoms with Crippen molar-refractivity contribution in [3.63, 3.8) is 0 Å². The summed E-state index contributed by atoms with van der Waals surface area (Å²) in [5.74, 6) is 1.22. The summed E-state index contributed by atoms with van der Waals surface area (Å²) in [6.45, 7) is 2.57.